The fourth-order valence-electron chi connectivity index (χ4n) is 4.51. The number of nitrogens with zero attached hydrogens (tertiary/aromatic N) is 4. The van der Waals surface area contributed by atoms with Crippen molar-refractivity contribution >= 4 is 5.82 Å². The lowest BCUT2D eigenvalue weighted by Crippen LogP contribution is -2.47. The maximum absolute atomic E-state index is 10.5. The molecule has 2 bridgehead atoms. The zero-order chi connectivity index (χ0) is 19.1. The Bertz CT molecular complexity index is 944. The average Bonchev–Trinajstić information content (AvgIpc) is 3.37. The lowest BCUT2D eigenvalue weighted by Gasteiger charge is -2.36. The maximum Gasteiger partial charge on any atom is 0.147 e. The summed E-state index contributed by atoms with van der Waals surface area (Å²) in [5, 5.41) is 20.9. The van der Waals surface area contributed by atoms with E-state index in [1.165, 1.54) is 12.8 Å². The van der Waals surface area contributed by atoms with Gasteiger partial charge in [0.25, 0.3) is 0 Å². The SMILES string of the molecule is CN(c1cnc(-c2ccc(-c3cn[nH]c3)cc2O)cn1)C1CC2CC[C@@H](C1)N2. The van der Waals surface area contributed by atoms with E-state index in [2.05, 4.69) is 37.4 Å². The Kier molecular flexibility index (Phi) is 4.24. The molecule has 144 valence electrons. The summed E-state index contributed by atoms with van der Waals surface area (Å²) in [6.07, 6.45) is 12.0. The van der Waals surface area contributed by atoms with Crippen LogP contribution in [0.15, 0.2) is 43.0 Å². The van der Waals surface area contributed by atoms with Crippen molar-refractivity contribution in [1.82, 2.24) is 25.5 Å². The molecule has 0 amide bonds. The molecule has 0 spiro atoms. The van der Waals surface area contributed by atoms with E-state index < -0.39 is 0 Å². The summed E-state index contributed by atoms with van der Waals surface area (Å²) in [6.45, 7) is 0. The number of aromatic hydroxyl groups is 1. The number of hydrogen-bond acceptors (Lipinski definition) is 6. The molecule has 1 aromatic carbocycles. The third-order valence-corrected chi connectivity index (χ3v) is 6.10. The summed E-state index contributed by atoms with van der Waals surface area (Å²) in [5.41, 5.74) is 3.17. The van der Waals surface area contributed by atoms with Crippen molar-refractivity contribution in [1.29, 1.82) is 0 Å². The fraction of sp³-hybridized carbons (Fsp3) is 0.381. The van der Waals surface area contributed by atoms with Crippen LogP contribution in [0.5, 0.6) is 5.75 Å². The average molecular weight is 376 g/mol. The number of aromatic nitrogens is 4. The number of H-pyrrole nitrogens is 1. The summed E-state index contributed by atoms with van der Waals surface area (Å²) in [5.74, 6) is 1.06. The summed E-state index contributed by atoms with van der Waals surface area (Å²) < 4.78 is 0. The van der Waals surface area contributed by atoms with Gasteiger partial charge in [0.15, 0.2) is 0 Å². The van der Waals surface area contributed by atoms with Gasteiger partial charge in [0.2, 0.25) is 0 Å². The lowest BCUT2D eigenvalue weighted by molar-refractivity contribution is 0.353. The number of phenolic OH excluding ortho intramolecular Hbond substituents is 1. The van der Waals surface area contributed by atoms with Crippen molar-refractivity contribution in [3.63, 3.8) is 0 Å². The standard InChI is InChI=1S/C21H24N6O/c1-27(17-7-15-3-4-16(8-17)26-15)21-12-22-19(11-23-21)18-5-2-13(6-20(18)28)14-9-24-25-10-14/h2,5-6,9-12,15-17,26,28H,3-4,7-8H2,1H3,(H,24,25)/t15-,16?,17?/m0/s1. The number of piperidine rings is 1. The number of phenols is 1. The van der Waals surface area contributed by atoms with Gasteiger partial charge in [-0.25, -0.2) is 4.98 Å². The van der Waals surface area contributed by atoms with Crippen LogP contribution in [-0.2, 0) is 0 Å². The first-order valence-corrected chi connectivity index (χ1v) is 9.81. The Morgan fingerprint density at radius 1 is 1.04 bits per heavy atom. The number of nitrogens with one attached hydrogen (secondary N) is 2. The van der Waals surface area contributed by atoms with Crippen molar-refractivity contribution in [3.8, 4) is 28.1 Å². The number of aromatic amines is 1. The van der Waals surface area contributed by atoms with Crippen LogP contribution in [0, 0.1) is 0 Å². The van der Waals surface area contributed by atoms with Gasteiger partial charge < -0.3 is 15.3 Å². The van der Waals surface area contributed by atoms with E-state index in [0.717, 1.165) is 29.8 Å². The first-order chi connectivity index (χ1) is 13.7. The van der Waals surface area contributed by atoms with E-state index in [1.807, 2.05) is 18.3 Å². The quantitative estimate of drug-likeness (QED) is 0.649. The molecule has 2 aliphatic rings. The Balaban J connectivity index is 1.35. The normalized spacial score (nSPS) is 23.7. The molecule has 2 saturated heterocycles. The van der Waals surface area contributed by atoms with Crippen molar-refractivity contribution in [2.75, 3.05) is 11.9 Å². The smallest absolute Gasteiger partial charge is 0.147 e. The number of rotatable bonds is 4. The molecule has 3 atom stereocenters. The third-order valence-electron chi connectivity index (χ3n) is 6.10. The van der Waals surface area contributed by atoms with Crippen LogP contribution in [0.25, 0.3) is 22.4 Å². The first kappa shape index (κ1) is 17.2. The van der Waals surface area contributed by atoms with Gasteiger partial charge >= 0.3 is 0 Å². The van der Waals surface area contributed by atoms with E-state index in [-0.39, 0.29) is 5.75 Å². The summed E-state index contributed by atoms with van der Waals surface area (Å²) in [7, 11) is 2.11. The highest BCUT2D eigenvalue weighted by Crippen LogP contribution is 2.33. The number of anilines is 1. The number of fused-ring (bicyclic) bond motifs is 2. The molecule has 2 fully saturated rings. The number of hydrogen-bond donors (Lipinski definition) is 3. The molecule has 0 radical (unpaired) electrons. The molecular formula is C21H24N6O. The summed E-state index contributed by atoms with van der Waals surface area (Å²) >= 11 is 0. The van der Waals surface area contributed by atoms with Gasteiger partial charge in [-0.3, -0.25) is 10.1 Å². The number of benzene rings is 1. The Morgan fingerprint density at radius 3 is 2.50 bits per heavy atom. The topological polar surface area (TPSA) is 90.0 Å². The highest BCUT2D eigenvalue weighted by molar-refractivity contribution is 5.73. The lowest BCUT2D eigenvalue weighted by atomic mass is 9.98. The molecular weight excluding hydrogens is 352 g/mol. The molecule has 4 heterocycles. The van der Waals surface area contributed by atoms with Crippen LogP contribution in [0.1, 0.15) is 25.7 Å². The van der Waals surface area contributed by atoms with Crippen LogP contribution >= 0.6 is 0 Å². The van der Waals surface area contributed by atoms with Crippen LogP contribution in [-0.4, -0.2) is 50.4 Å². The first-order valence-electron chi connectivity index (χ1n) is 9.81. The summed E-state index contributed by atoms with van der Waals surface area (Å²) in [6, 6.07) is 7.34. The van der Waals surface area contributed by atoms with Gasteiger partial charge in [-0.05, 0) is 43.4 Å². The van der Waals surface area contributed by atoms with Crippen LogP contribution in [0.3, 0.4) is 0 Å². The second-order valence-electron chi connectivity index (χ2n) is 7.85. The van der Waals surface area contributed by atoms with Crippen molar-refractivity contribution in [2.45, 2.75) is 43.8 Å². The van der Waals surface area contributed by atoms with Gasteiger partial charge in [-0.15, -0.1) is 0 Å². The molecule has 2 aliphatic heterocycles. The molecule has 28 heavy (non-hydrogen) atoms. The fourth-order valence-corrected chi connectivity index (χ4v) is 4.51. The second kappa shape index (κ2) is 6.91. The van der Waals surface area contributed by atoms with Gasteiger partial charge in [0.1, 0.15) is 11.6 Å². The highest BCUT2D eigenvalue weighted by atomic mass is 16.3. The molecule has 2 aromatic heterocycles. The molecule has 7 heteroatoms. The maximum atomic E-state index is 10.5. The van der Waals surface area contributed by atoms with Gasteiger partial charge in [-0.2, -0.15) is 5.10 Å². The van der Waals surface area contributed by atoms with Crippen molar-refractivity contribution in [3.05, 3.63) is 43.0 Å². The Labute approximate surface area is 163 Å². The minimum absolute atomic E-state index is 0.184. The zero-order valence-corrected chi connectivity index (χ0v) is 15.8. The van der Waals surface area contributed by atoms with Crippen LogP contribution < -0.4 is 10.2 Å². The van der Waals surface area contributed by atoms with E-state index in [0.29, 0.717) is 29.4 Å². The van der Waals surface area contributed by atoms with Crippen molar-refractivity contribution in [2.24, 2.45) is 0 Å². The van der Waals surface area contributed by atoms with E-state index >= 15 is 0 Å². The van der Waals surface area contributed by atoms with E-state index in [4.69, 9.17) is 0 Å². The van der Waals surface area contributed by atoms with E-state index in [1.54, 1.807) is 24.7 Å². The molecule has 3 aromatic rings. The molecule has 0 aliphatic carbocycles. The predicted octanol–water partition coefficient (Wildman–Crippen LogP) is 2.96. The Hall–Kier alpha value is -2.93. The molecule has 5 rings (SSSR count). The minimum atomic E-state index is 0.184. The van der Waals surface area contributed by atoms with Gasteiger partial charge in [-0.1, -0.05) is 6.07 Å². The van der Waals surface area contributed by atoms with Gasteiger partial charge in [0, 0.05) is 42.5 Å². The Morgan fingerprint density at radius 2 is 1.86 bits per heavy atom. The van der Waals surface area contributed by atoms with Gasteiger partial charge in [0.05, 0.1) is 24.3 Å². The summed E-state index contributed by atoms with van der Waals surface area (Å²) in [4.78, 5) is 11.5. The largest absolute Gasteiger partial charge is 0.507 e. The molecule has 3 N–H and O–H groups in total. The monoisotopic (exact) mass is 376 g/mol. The molecule has 0 saturated carbocycles. The predicted molar refractivity (Wildman–Crippen MR) is 108 cm³/mol. The van der Waals surface area contributed by atoms with Crippen molar-refractivity contribution < 1.29 is 5.11 Å². The second-order valence-corrected chi connectivity index (χ2v) is 7.85. The minimum Gasteiger partial charge on any atom is -0.507 e. The zero-order valence-electron chi connectivity index (χ0n) is 15.8. The van der Waals surface area contributed by atoms with E-state index in [9.17, 15) is 5.11 Å². The third kappa shape index (κ3) is 3.11. The van der Waals surface area contributed by atoms with Crippen LogP contribution in [0.2, 0.25) is 0 Å². The molecule has 2 unspecified atom stereocenters. The van der Waals surface area contributed by atoms with Crippen LogP contribution in [0.4, 0.5) is 5.82 Å². The molecule has 7 nitrogen and oxygen atoms in total. The highest BCUT2D eigenvalue weighted by Gasteiger charge is 2.35.